The summed E-state index contributed by atoms with van der Waals surface area (Å²) in [7, 11) is 0. The number of hydrogen-bond donors (Lipinski definition) is 0. The Morgan fingerprint density at radius 3 is 2.54 bits per heavy atom. The van der Waals surface area contributed by atoms with Crippen molar-refractivity contribution in [2.45, 2.75) is 19.9 Å². The fourth-order valence-corrected chi connectivity index (χ4v) is 3.31. The molecule has 0 spiro atoms. The number of anilines is 2. The molecule has 0 radical (unpaired) electrons. The van der Waals surface area contributed by atoms with E-state index < -0.39 is 17.7 Å². The van der Waals surface area contributed by atoms with Crippen molar-refractivity contribution in [2.24, 2.45) is 0 Å². The Balaban J connectivity index is 1.96. The van der Waals surface area contributed by atoms with Crippen molar-refractivity contribution in [1.29, 1.82) is 0 Å². The number of fused-ring (bicyclic) bond motifs is 1. The third-order valence-electron chi connectivity index (χ3n) is 4.03. The first-order valence-electron chi connectivity index (χ1n) is 7.81. The zero-order valence-electron chi connectivity index (χ0n) is 14.0. The molecule has 0 bridgehead atoms. The van der Waals surface area contributed by atoms with Gasteiger partial charge >= 0.3 is 6.09 Å². The Bertz CT molecular complexity index is 891. The summed E-state index contributed by atoms with van der Waals surface area (Å²) in [6, 6.07) is 7.56. The van der Waals surface area contributed by atoms with E-state index in [1.165, 1.54) is 11.8 Å². The number of benzene rings is 2. The first-order valence-corrected chi connectivity index (χ1v) is 8.61. The molecule has 0 fully saturated rings. The molecule has 8 heteroatoms. The van der Waals surface area contributed by atoms with Gasteiger partial charge in [0.05, 0.1) is 17.4 Å². The number of rotatable bonds is 1. The van der Waals surface area contributed by atoms with Crippen LogP contribution in [-0.4, -0.2) is 24.6 Å². The maximum absolute atomic E-state index is 13.8. The third kappa shape index (κ3) is 3.41. The summed E-state index contributed by atoms with van der Waals surface area (Å²) < 4.78 is 32.6. The van der Waals surface area contributed by atoms with Gasteiger partial charge in [0, 0.05) is 24.0 Å². The first kappa shape index (κ1) is 18.3. The summed E-state index contributed by atoms with van der Waals surface area (Å²) in [6.45, 7) is 3.42. The average molecular weight is 425 g/mol. The molecule has 1 aliphatic heterocycles. The molecule has 1 atom stereocenters. The van der Waals surface area contributed by atoms with E-state index in [4.69, 9.17) is 4.74 Å². The standard InChI is InChI=1S/C18H15BrF2N2O3/c1-10-9-22(18(25)26-17-6-4-13(20)8-14(17)21)16-7-12(19)3-5-15(16)23(10)11(2)24/h3-8,10H,9H2,1-2H3/t10-/m0/s1. The highest BCUT2D eigenvalue weighted by molar-refractivity contribution is 9.10. The highest BCUT2D eigenvalue weighted by Crippen LogP contribution is 2.38. The maximum Gasteiger partial charge on any atom is 0.419 e. The maximum atomic E-state index is 13.8. The Hall–Kier alpha value is -2.48. The number of carbonyl (C=O) groups is 2. The molecule has 3 rings (SSSR count). The van der Waals surface area contributed by atoms with Crippen molar-refractivity contribution in [3.05, 3.63) is 52.5 Å². The van der Waals surface area contributed by atoms with E-state index in [1.807, 2.05) is 0 Å². The highest BCUT2D eigenvalue weighted by atomic mass is 79.9. The van der Waals surface area contributed by atoms with Crippen molar-refractivity contribution in [3.8, 4) is 5.75 Å². The van der Waals surface area contributed by atoms with Crippen molar-refractivity contribution >= 4 is 39.3 Å². The van der Waals surface area contributed by atoms with Crippen LogP contribution in [0.25, 0.3) is 0 Å². The molecular formula is C18H15BrF2N2O3. The zero-order valence-corrected chi connectivity index (χ0v) is 15.6. The number of nitrogens with zero attached hydrogens (tertiary/aromatic N) is 2. The van der Waals surface area contributed by atoms with Crippen LogP contribution < -0.4 is 14.5 Å². The minimum Gasteiger partial charge on any atom is -0.407 e. The lowest BCUT2D eigenvalue weighted by Crippen LogP contribution is -2.52. The average Bonchev–Trinajstić information content (AvgIpc) is 2.56. The third-order valence-corrected chi connectivity index (χ3v) is 4.52. The van der Waals surface area contributed by atoms with Gasteiger partial charge in [-0.3, -0.25) is 9.69 Å². The molecule has 2 aromatic carbocycles. The number of halogens is 3. The molecule has 0 saturated carbocycles. The predicted octanol–water partition coefficient (Wildman–Crippen LogP) is 4.49. The van der Waals surface area contributed by atoms with Crippen LogP contribution in [0.5, 0.6) is 5.75 Å². The second-order valence-corrected chi connectivity index (χ2v) is 6.84. The smallest absolute Gasteiger partial charge is 0.407 e. The molecule has 136 valence electrons. The van der Waals surface area contributed by atoms with Crippen LogP contribution in [0, 0.1) is 11.6 Å². The normalized spacial score (nSPS) is 16.3. The van der Waals surface area contributed by atoms with Crippen molar-refractivity contribution < 1.29 is 23.1 Å². The van der Waals surface area contributed by atoms with Gasteiger partial charge in [0.25, 0.3) is 0 Å². The fourth-order valence-electron chi connectivity index (χ4n) is 2.96. The van der Waals surface area contributed by atoms with Gasteiger partial charge < -0.3 is 9.64 Å². The van der Waals surface area contributed by atoms with Crippen LogP contribution in [0.2, 0.25) is 0 Å². The molecule has 26 heavy (non-hydrogen) atoms. The summed E-state index contributed by atoms with van der Waals surface area (Å²) in [5.74, 6) is -2.25. The van der Waals surface area contributed by atoms with Crippen LogP contribution >= 0.6 is 15.9 Å². The van der Waals surface area contributed by atoms with Gasteiger partial charge in [-0.25, -0.2) is 13.6 Å². The zero-order chi connectivity index (χ0) is 19.0. The van der Waals surface area contributed by atoms with E-state index in [0.717, 1.165) is 12.1 Å². The topological polar surface area (TPSA) is 49.9 Å². The van der Waals surface area contributed by atoms with E-state index in [0.29, 0.717) is 21.9 Å². The fraction of sp³-hybridized carbons (Fsp3) is 0.222. The molecule has 1 heterocycles. The van der Waals surface area contributed by atoms with Crippen LogP contribution in [0.4, 0.5) is 25.0 Å². The lowest BCUT2D eigenvalue weighted by Gasteiger charge is -2.40. The molecule has 2 amide bonds. The SMILES string of the molecule is CC(=O)N1c2ccc(Br)cc2N(C(=O)Oc2ccc(F)cc2F)C[C@@H]1C. The van der Waals surface area contributed by atoms with E-state index in [-0.39, 0.29) is 24.2 Å². The van der Waals surface area contributed by atoms with Gasteiger partial charge in [-0.2, -0.15) is 0 Å². The summed E-state index contributed by atoms with van der Waals surface area (Å²) >= 11 is 3.34. The molecule has 0 N–H and O–H groups in total. The van der Waals surface area contributed by atoms with Gasteiger partial charge in [-0.05, 0) is 37.3 Å². The summed E-state index contributed by atoms with van der Waals surface area (Å²) in [6.07, 6.45) is -0.815. The molecule has 5 nitrogen and oxygen atoms in total. The quantitative estimate of drug-likeness (QED) is 0.677. The van der Waals surface area contributed by atoms with Crippen LogP contribution in [0.15, 0.2) is 40.9 Å². The Kier molecular flexibility index (Phi) is 4.95. The number of ether oxygens (including phenoxy) is 1. The number of hydrogen-bond acceptors (Lipinski definition) is 3. The molecule has 0 saturated heterocycles. The largest absolute Gasteiger partial charge is 0.419 e. The molecular weight excluding hydrogens is 410 g/mol. The van der Waals surface area contributed by atoms with E-state index >= 15 is 0 Å². The van der Waals surface area contributed by atoms with Gasteiger partial charge in [-0.1, -0.05) is 15.9 Å². The second kappa shape index (κ2) is 7.03. The summed E-state index contributed by atoms with van der Waals surface area (Å²) in [4.78, 5) is 27.5. The number of amides is 2. The molecule has 0 unspecified atom stereocenters. The van der Waals surface area contributed by atoms with Crippen LogP contribution in [-0.2, 0) is 4.79 Å². The van der Waals surface area contributed by atoms with E-state index in [2.05, 4.69) is 15.9 Å². The van der Waals surface area contributed by atoms with Gasteiger partial charge in [0.2, 0.25) is 5.91 Å². The predicted molar refractivity (Wildman–Crippen MR) is 96.5 cm³/mol. The second-order valence-electron chi connectivity index (χ2n) is 5.92. The summed E-state index contributed by atoms with van der Waals surface area (Å²) in [5.41, 5.74) is 1.01. The van der Waals surface area contributed by atoms with Gasteiger partial charge in [0.1, 0.15) is 5.82 Å². The van der Waals surface area contributed by atoms with Gasteiger partial charge in [-0.15, -0.1) is 0 Å². The van der Waals surface area contributed by atoms with Crippen LogP contribution in [0.1, 0.15) is 13.8 Å². The van der Waals surface area contributed by atoms with Crippen molar-refractivity contribution in [2.75, 3.05) is 16.3 Å². The Morgan fingerprint density at radius 1 is 1.15 bits per heavy atom. The van der Waals surface area contributed by atoms with E-state index in [9.17, 15) is 18.4 Å². The Labute approximate surface area is 157 Å². The minimum absolute atomic E-state index is 0.154. The van der Waals surface area contributed by atoms with Gasteiger partial charge in [0.15, 0.2) is 11.6 Å². The monoisotopic (exact) mass is 424 g/mol. The molecule has 1 aliphatic rings. The van der Waals surface area contributed by atoms with E-state index in [1.54, 1.807) is 30.0 Å². The Morgan fingerprint density at radius 2 is 1.88 bits per heavy atom. The van der Waals surface area contributed by atoms with Crippen molar-refractivity contribution in [1.82, 2.24) is 0 Å². The minimum atomic E-state index is -0.969. The first-order chi connectivity index (χ1) is 12.3. The molecule has 0 aromatic heterocycles. The summed E-state index contributed by atoms with van der Waals surface area (Å²) in [5, 5.41) is 0. The van der Waals surface area contributed by atoms with Crippen molar-refractivity contribution in [3.63, 3.8) is 0 Å². The lowest BCUT2D eigenvalue weighted by molar-refractivity contribution is -0.117. The number of carbonyl (C=O) groups excluding carboxylic acids is 2. The molecule has 2 aromatic rings. The highest BCUT2D eigenvalue weighted by Gasteiger charge is 2.34. The molecule has 0 aliphatic carbocycles. The van der Waals surface area contributed by atoms with Crippen LogP contribution in [0.3, 0.4) is 0 Å². The lowest BCUT2D eigenvalue weighted by atomic mass is 10.1.